The molecule has 0 fully saturated rings. The maximum Gasteiger partial charge on any atom is 0.317 e. The minimum atomic E-state index is -0.766. The Labute approximate surface area is 125 Å². The first-order valence-electron chi connectivity index (χ1n) is 6.49. The molecule has 1 aromatic heterocycles. The van der Waals surface area contributed by atoms with Gasteiger partial charge in [-0.25, -0.2) is 9.18 Å². The van der Waals surface area contributed by atoms with Gasteiger partial charge in [-0.15, -0.1) is 15.0 Å². The van der Waals surface area contributed by atoms with Gasteiger partial charge in [0.25, 0.3) is 0 Å². The van der Waals surface area contributed by atoms with E-state index in [1.807, 2.05) is 30.3 Å². The van der Waals surface area contributed by atoms with Crippen molar-refractivity contribution >= 4 is 11.8 Å². The van der Waals surface area contributed by atoms with E-state index in [0.29, 0.717) is 5.69 Å². The van der Waals surface area contributed by atoms with Crippen LogP contribution in [0, 0.1) is 5.82 Å². The average Bonchev–Trinajstić information content (AvgIpc) is 2.91. The van der Waals surface area contributed by atoms with Gasteiger partial charge in [-0.05, 0) is 12.1 Å². The Morgan fingerprint density at radius 3 is 2.41 bits per heavy atom. The molecule has 0 aliphatic heterocycles. The number of hydrogen-bond donors (Lipinski definition) is 2. The third-order valence-corrected chi connectivity index (χ3v) is 2.97. The number of carbonyl (C=O) groups excluding carboxylic acids is 1. The molecule has 0 aliphatic carbocycles. The average molecular weight is 297 g/mol. The first-order valence-corrected chi connectivity index (χ1v) is 6.49. The predicted molar refractivity (Wildman–Crippen MR) is 80.0 cm³/mol. The molecular formula is C15H12FN5O. The number of benzene rings is 2. The lowest BCUT2D eigenvalue weighted by Gasteiger charge is -1.99. The molecule has 110 valence electrons. The summed E-state index contributed by atoms with van der Waals surface area (Å²) < 4.78 is 13.9. The largest absolute Gasteiger partial charge is 0.351 e. The Hall–Kier alpha value is -3.22. The van der Waals surface area contributed by atoms with E-state index in [-0.39, 0.29) is 11.5 Å². The van der Waals surface area contributed by atoms with Gasteiger partial charge < -0.3 is 5.73 Å². The standard InChI is InChI=1S/C15H12FN5O/c16-11-8-4-5-9-12(11)21-19-13(10-6-2-1-3-7-10)14(20-21)18-15(17)22/h1-9H,(H3,17,18,20,22). The second-order valence-corrected chi connectivity index (χ2v) is 4.49. The van der Waals surface area contributed by atoms with Gasteiger partial charge in [-0.1, -0.05) is 42.5 Å². The normalized spacial score (nSPS) is 10.4. The van der Waals surface area contributed by atoms with Crippen molar-refractivity contribution in [2.45, 2.75) is 0 Å². The highest BCUT2D eigenvalue weighted by atomic mass is 19.1. The zero-order chi connectivity index (χ0) is 15.5. The fourth-order valence-electron chi connectivity index (χ4n) is 2.02. The molecule has 22 heavy (non-hydrogen) atoms. The predicted octanol–water partition coefficient (Wildman–Crippen LogP) is 2.56. The van der Waals surface area contributed by atoms with E-state index in [2.05, 4.69) is 15.5 Å². The Morgan fingerprint density at radius 1 is 1.05 bits per heavy atom. The van der Waals surface area contributed by atoms with Crippen LogP contribution in [0.25, 0.3) is 16.9 Å². The summed E-state index contributed by atoms with van der Waals surface area (Å²) in [6.07, 6.45) is 0. The number of halogens is 1. The van der Waals surface area contributed by atoms with E-state index in [4.69, 9.17) is 5.73 Å². The molecule has 1 heterocycles. The summed E-state index contributed by atoms with van der Waals surface area (Å²) in [6.45, 7) is 0. The molecule has 3 aromatic rings. The Balaban J connectivity index is 2.13. The van der Waals surface area contributed by atoms with Crippen LogP contribution in [0.4, 0.5) is 15.0 Å². The number of para-hydroxylation sites is 1. The van der Waals surface area contributed by atoms with E-state index in [0.717, 1.165) is 10.4 Å². The lowest BCUT2D eigenvalue weighted by atomic mass is 10.1. The summed E-state index contributed by atoms with van der Waals surface area (Å²) in [6, 6.07) is 14.4. The Bertz CT molecular complexity index is 816. The van der Waals surface area contributed by atoms with Gasteiger partial charge in [0, 0.05) is 5.56 Å². The van der Waals surface area contributed by atoms with Crippen LogP contribution in [-0.4, -0.2) is 21.0 Å². The highest BCUT2D eigenvalue weighted by Gasteiger charge is 2.16. The summed E-state index contributed by atoms with van der Waals surface area (Å²) in [4.78, 5) is 12.3. The lowest BCUT2D eigenvalue weighted by Crippen LogP contribution is -2.20. The number of nitrogens with zero attached hydrogens (tertiary/aromatic N) is 3. The Morgan fingerprint density at radius 2 is 1.73 bits per heavy atom. The van der Waals surface area contributed by atoms with Crippen molar-refractivity contribution in [1.82, 2.24) is 15.0 Å². The van der Waals surface area contributed by atoms with Crippen molar-refractivity contribution in [1.29, 1.82) is 0 Å². The van der Waals surface area contributed by atoms with Crippen LogP contribution in [0.15, 0.2) is 54.6 Å². The Kier molecular flexibility index (Phi) is 3.53. The topological polar surface area (TPSA) is 85.8 Å². The molecule has 0 radical (unpaired) electrons. The first kappa shape index (κ1) is 13.7. The molecule has 2 amide bonds. The molecule has 0 aliphatic rings. The fourth-order valence-corrected chi connectivity index (χ4v) is 2.02. The van der Waals surface area contributed by atoms with Crippen molar-refractivity contribution in [2.24, 2.45) is 5.73 Å². The van der Waals surface area contributed by atoms with Gasteiger partial charge in [0.1, 0.15) is 11.4 Å². The van der Waals surface area contributed by atoms with E-state index < -0.39 is 11.8 Å². The molecule has 0 bridgehead atoms. The maximum atomic E-state index is 13.9. The molecule has 0 unspecified atom stereocenters. The summed E-state index contributed by atoms with van der Waals surface area (Å²) in [5.41, 5.74) is 6.46. The third-order valence-electron chi connectivity index (χ3n) is 2.97. The van der Waals surface area contributed by atoms with E-state index in [9.17, 15) is 9.18 Å². The van der Waals surface area contributed by atoms with Crippen LogP contribution in [0.3, 0.4) is 0 Å². The minimum Gasteiger partial charge on any atom is -0.351 e. The number of primary amides is 1. The van der Waals surface area contributed by atoms with Crippen molar-refractivity contribution < 1.29 is 9.18 Å². The maximum absolute atomic E-state index is 13.9. The summed E-state index contributed by atoms with van der Waals surface area (Å²) in [5.74, 6) is -0.301. The molecule has 3 N–H and O–H groups in total. The second kappa shape index (κ2) is 5.65. The molecule has 0 saturated heterocycles. The third kappa shape index (κ3) is 2.64. The molecular weight excluding hydrogens is 285 g/mol. The van der Waals surface area contributed by atoms with Gasteiger partial charge in [-0.3, -0.25) is 5.32 Å². The molecule has 6 nitrogen and oxygen atoms in total. The van der Waals surface area contributed by atoms with Crippen molar-refractivity contribution in [3.8, 4) is 16.9 Å². The van der Waals surface area contributed by atoms with Crippen LogP contribution in [-0.2, 0) is 0 Å². The lowest BCUT2D eigenvalue weighted by molar-refractivity contribution is 0.259. The minimum absolute atomic E-state index is 0.168. The molecule has 3 rings (SSSR count). The number of aromatic nitrogens is 3. The molecule has 0 atom stereocenters. The highest BCUT2D eigenvalue weighted by Crippen LogP contribution is 2.25. The van der Waals surface area contributed by atoms with Gasteiger partial charge >= 0.3 is 6.03 Å². The fraction of sp³-hybridized carbons (Fsp3) is 0. The number of anilines is 1. The van der Waals surface area contributed by atoms with Gasteiger partial charge in [0.2, 0.25) is 0 Å². The zero-order valence-corrected chi connectivity index (χ0v) is 11.4. The van der Waals surface area contributed by atoms with Crippen LogP contribution >= 0.6 is 0 Å². The number of carbonyl (C=O) groups is 1. The summed E-state index contributed by atoms with van der Waals surface area (Å²) in [7, 11) is 0. The summed E-state index contributed by atoms with van der Waals surface area (Å²) >= 11 is 0. The molecule has 0 spiro atoms. The SMILES string of the molecule is NC(=O)Nc1nn(-c2ccccc2F)nc1-c1ccccc1. The quantitative estimate of drug-likeness (QED) is 0.779. The van der Waals surface area contributed by atoms with Gasteiger partial charge in [0.15, 0.2) is 11.6 Å². The van der Waals surface area contributed by atoms with Gasteiger partial charge in [-0.2, -0.15) is 0 Å². The summed E-state index contributed by atoms with van der Waals surface area (Å²) in [5, 5.41) is 10.8. The number of hydrogen-bond acceptors (Lipinski definition) is 3. The number of urea groups is 1. The zero-order valence-electron chi connectivity index (χ0n) is 11.4. The number of rotatable bonds is 3. The highest BCUT2D eigenvalue weighted by molar-refractivity contribution is 5.90. The monoisotopic (exact) mass is 297 g/mol. The van der Waals surface area contributed by atoms with Crippen LogP contribution in [0.2, 0.25) is 0 Å². The van der Waals surface area contributed by atoms with E-state index in [1.165, 1.54) is 12.1 Å². The number of nitrogens with two attached hydrogens (primary N) is 1. The number of amides is 2. The van der Waals surface area contributed by atoms with E-state index in [1.54, 1.807) is 12.1 Å². The molecule has 7 heteroatoms. The van der Waals surface area contributed by atoms with Crippen LogP contribution in [0.1, 0.15) is 0 Å². The molecule has 0 saturated carbocycles. The smallest absolute Gasteiger partial charge is 0.317 e. The second-order valence-electron chi connectivity index (χ2n) is 4.49. The number of nitrogens with one attached hydrogen (secondary N) is 1. The van der Waals surface area contributed by atoms with Crippen LogP contribution in [0.5, 0.6) is 0 Å². The van der Waals surface area contributed by atoms with Gasteiger partial charge in [0.05, 0.1) is 0 Å². The van der Waals surface area contributed by atoms with Crippen molar-refractivity contribution in [3.63, 3.8) is 0 Å². The molecule has 2 aromatic carbocycles. The van der Waals surface area contributed by atoms with E-state index >= 15 is 0 Å². The van der Waals surface area contributed by atoms with Crippen molar-refractivity contribution in [3.05, 3.63) is 60.4 Å². The van der Waals surface area contributed by atoms with Crippen LogP contribution < -0.4 is 11.1 Å². The first-order chi connectivity index (χ1) is 10.6. The van der Waals surface area contributed by atoms with Crippen molar-refractivity contribution in [2.75, 3.05) is 5.32 Å².